The Labute approximate surface area is 190 Å². The predicted octanol–water partition coefficient (Wildman–Crippen LogP) is 4.22. The molecule has 0 bridgehead atoms. The lowest BCUT2D eigenvalue weighted by Gasteiger charge is -2.23. The molecule has 10 heteroatoms. The van der Waals surface area contributed by atoms with Gasteiger partial charge in [-0.3, -0.25) is 10.3 Å². The highest BCUT2D eigenvalue weighted by molar-refractivity contribution is 6.32. The maximum atomic E-state index is 12.6. The summed E-state index contributed by atoms with van der Waals surface area (Å²) in [7, 11) is 0. The number of amides is 2. The van der Waals surface area contributed by atoms with E-state index in [4.69, 9.17) is 21.6 Å². The first-order chi connectivity index (χ1) is 15.6. The largest absolute Gasteiger partial charge is 0.487 e. The van der Waals surface area contributed by atoms with Gasteiger partial charge in [0.15, 0.2) is 11.5 Å². The van der Waals surface area contributed by atoms with Gasteiger partial charge in [-0.05, 0) is 25.0 Å². The highest BCUT2D eigenvalue weighted by atomic mass is 35.5. The minimum absolute atomic E-state index is 0.168. The van der Waals surface area contributed by atoms with E-state index in [1.54, 1.807) is 18.5 Å². The number of nitriles is 1. The monoisotopic (exact) mass is 449 g/mol. The Balaban J connectivity index is 1.52. The van der Waals surface area contributed by atoms with E-state index >= 15 is 0 Å². The first kappa shape index (κ1) is 21.3. The fourth-order valence-electron chi connectivity index (χ4n) is 3.34. The molecule has 9 nitrogen and oxygen atoms in total. The summed E-state index contributed by atoms with van der Waals surface area (Å²) in [4.78, 5) is 26.7. The molecule has 0 atom stereocenters. The standard InChI is InChI=1S/C22H20ClN7O2/c23-17-8-18(28-22(31)29-21-13-26-16(10-24)12-27-21)19(30-6-1-2-7-30)9-20(17)32-14-15-4-3-5-25-11-15/h3-5,8-9,11-13H,1-2,6-7,14H2,(H2,27,28,29,31). The summed E-state index contributed by atoms with van der Waals surface area (Å²) >= 11 is 6.47. The second-order valence-corrected chi connectivity index (χ2v) is 7.53. The number of anilines is 3. The van der Waals surface area contributed by atoms with E-state index < -0.39 is 6.03 Å². The van der Waals surface area contributed by atoms with E-state index in [9.17, 15) is 4.79 Å². The fraction of sp³-hybridized carbons (Fsp3) is 0.227. The van der Waals surface area contributed by atoms with Gasteiger partial charge in [0.25, 0.3) is 0 Å². The highest BCUT2D eigenvalue weighted by Gasteiger charge is 2.20. The normalized spacial score (nSPS) is 12.8. The third kappa shape index (κ3) is 5.22. The molecule has 1 aromatic carbocycles. The number of aromatic nitrogens is 3. The van der Waals surface area contributed by atoms with Crippen LogP contribution in [-0.4, -0.2) is 34.1 Å². The van der Waals surface area contributed by atoms with Crippen LogP contribution in [0.5, 0.6) is 5.75 Å². The van der Waals surface area contributed by atoms with E-state index in [-0.39, 0.29) is 11.5 Å². The molecule has 3 heterocycles. The Bertz CT molecular complexity index is 1130. The molecule has 0 radical (unpaired) electrons. The molecule has 162 valence electrons. The lowest BCUT2D eigenvalue weighted by atomic mass is 10.2. The molecule has 2 N–H and O–H groups in total. The molecule has 0 aliphatic carbocycles. The fourth-order valence-corrected chi connectivity index (χ4v) is 3.56. The molecule has 32 heavy (non-hydrogen) atoms. The number of ether oxygens (including phenoxy) is 1. The number of rotatable bonds is 6. The first-order valence-corrected chi connectivity index (χ1v) is 10.4. The molecular weight excluding hydrogens is 430 g/mol. The van der Waals surface area contributed by atoms with E-state index in [1.165, 1.54) is 12.4 Å². The average Bonchev–Trinajstić information content (AvgIpc) is 3.34. The summed E-state index contributed by atoms with van der Waals surface area (Å²) in [5.74, 6) is 0.757. The van der Waals surface area contributed by atoms with Crippen molar-refractivity contribution in [2.45, 2.75) is 19.4 Å². The van der Waals surface area contributed by atoms with Crippen molar-refractivity contribution in [3.05, 3.63) is 65.3 Å². The minimum atomic E-state index is -0.496. The van der Waals surface area contributed by atoms with Gasteiger partial charge < -0.3 is 15.0 Å². The number of halogens is 1. The summed E-state index contributed by atoms with van der Waals surface area (Å²) < 4.78 is 5.93. The second-order valence-electron chi connectivity index (χ2n) is 7.12. The lowest BCUT2D eigenvalue weighted by molar-refractivity contribution is 0.262. The SMILES string of the molecule is N#Cc1cnc(NC(=O)Nc2cc(Cl)c(OCc3cccnc3)cc2N2CCCC2)cn1. The van der Waals surface area contributed by atoms with Gasteiger partial charge in [-0.15, -0.1) is 0 Å². The summed E-state index contributed by atoms with van der Waals surface area (Å²) in [5.41, 5.74) is 2.48. The van der Waals surface area contributed by atoms with Crippen molar-refractivity contribution in [2.24, 2.45) is 0 Å². The van der Waals surface area contributed by atoms with Gasteiger partial charge in [0.05, 0.1) is 28.8 Å². The second kappa shape index (κ2) is 9.94. The van der Waals surface area contributed by atoms with Gasteiger partial charge in [-0.1, -0.05) is 17.7 Å². The van der Waals surface area contributed by atoms with Crippen LogP contribution in [0.25, 0.3) is 0 Å². The molecule has 1 aliphatic heterocycles. The van der Waals surface area contributed by atoms with Gasteiger partial charge >= 0.3 is 6.03 Å². The van der Waals surface area contributed by atoms with Crippen LogP contribution >= 0.6 is 11.6 Å². The zero-order valence-corrected chi connectivity index (χ0v) is 17.8. The third-order valence-corrected chi connectivity index (χ3v) is 5.17. The van der Waals surface area contributed by atoms with Crippen LogP contribution in [0.3, 0.4) is 0 Å². The molecule has 3 aromatic rings. The topological polar surface area (TPSA) is 116 Å². The smallest absolute Gasteiger partial charge is 0.324 e. The van der Waals surface area contributed by atoms with Crippen molar-refractivity contribution in [3.8, 4) is 11.8 Å². The predicted molar refractivity (Wildman–Crippen MR) is 121 cm³/mol. The van der Waals surface area contributed by atoms with Crippen molar-refractivity contribution in [1.29, 1.82) is 5.26 Å². The van der Waals surface area contributed by atoms with E-state index in [0.29, 0.717) is 23.1 Å². The highest BCUT2D eigenvalue weighted by Crippen LogP contribution is 2.38. The molecule has 2 aromatic heterocycles. The van der Waals surface area contributed by atoms with Crippen molar-refractivity contribution in [3.63, 3.8) is 0 Å². The third-order valence-electron chi connectivity index (χ3n) is 4.87. The summed E-state index contributed by atoms with van der Waals surface area (Å²) in [6, 6.07) is 8.68. The van der Waals surface area contributed by atoms with Gasteiger partial charge in [0, 0.05) is 37.1 Å². The number of carbonyl (C=O) groups is 1. The van der Waals surface area contributed by atoms with Crippen LogP contribution in [0, 0.1) is 11.3 Å². The molecular formula is C22H20ClN7O2. The van der Waals surface area contributed by atoms with Gasteiger partial charge in [-0.2, -0.15) is 5.26 Å². The van der Waals surface area contributed by atoms with Crippen LogP contribution in [0.1, 0.15) is 24.1 Å². The van der Waals surface area contributed by atoms with E-state index in [0.717, 1.165) is 37.2 Å². The Kier molecular flexibility index (Phi) is 6.63. The lowest BCUT2D eigenvalue weighted by Crippen LogP contribution is -2.24. The first-order valence-electron chi connectivity index (χ1n) is 10.0. The van der Waals surface area contributed by atoms with Crippen LogP contribution in [-0.2, 0) is 6.61 Å². The number of pyridine rings is 1. The maximum Gasteiger partial charge on any atom is 0.324 e. The summed E-state index contributed by atoms with van der Waals surface area (Å²) in [6.07, 6.45) is 8.19. The van der Waals surface area contributed by atoms with Gasteiger partial charge in [0.1, 0.15) is 18.4 Å². The molecule has 0 unspecified atom stereocenters. The minimum Gasteiger partial charge on any atom is -0.487 e. The number of hydrogen-bond acceptors (Lipinski definition) is 7. The van der Waals surface area contributed by atoms with Gasteiger partial charge in [-0.25, -0.2) is 14.8 Å². The molecule has 1 aliphatic rings. The molecule has 4 rings (SSSR count). The number of nitrogens with zero attached hydrogens (tertiary/aromatic N) is 5. The Morgan fingerprint density at radius 1 is 1.19 bits per heavy atom. The van der Waals surface area contributed by atoms with Crippen molar-refractivity contribution in [2.75, 3.05) is 28.6 Å². The molecule has 0 spiro atoms. The van der Waals surface area contributed by atoms with E-state index in [2.05, 4.69) is 30.5 Å². The number of benzene rings is 1. The summed E-state index contributed by atoms with van der Waals surface area (Å²) in [5, 5.41) is 14.6. The molecule has 0 saturated carbocycles. The van der Waals surface area contributed by atoms with Crippen LogP contribution in [0.4, 0.5) is 22.0 Å². The van der Waals surface area contributed by atoms with Crippen molar-refractivity contribution in [1.82, 2.24) is 15.0 Å². The quantitative estimate of drug-likeness (QED) is 0.578. The number of nitrogens with one attached hydrogen (secondary N) is 2. The van der Waals surface area contributed by atoms with Crippen LogP contribution < -0.4 is 20.3 Å². The molecule has 1 saturated heterocycles. The Morgan fingerprint density at radius 3 is 2.72 bits per heavy atom. The number of carbonyl (C=O) groups excluding carboxylic acids is 1. The zero-order valence-electron chi connectivity index (χ0n) is 17.1. The van der Waals surface area contributed by atoms with Crippen molar-refractivity contribution >= 4 is 34.8 Å². The zero-order chi connectivity index (χ0) is 22.3. The number of hydrogen-bond donors (Lipinski definition) is 2. The average molecular weight is 450 g/mol. The Hall–Kier alpha value is -3.90. The van der Waals surface area contributed by atoms with Crippen LogP contribution in [0.15, 0.2) is 49.1 Å². The van der Waals surface area contributed by atoms with Crippen molar-refractivity contribution < 1.29 is 9.53 Å². The number of urea groups is 1. The van der Waals surface area contributed by atoms with Crippen LogP contribution in [0.2, 0.25) is 5.02 Å². The maximum absolute atomic E-state index is 12.6. The van der Waals surface area contributed by atoms with Gasteiger partial charge in [0.2, 0.25) is 0 Å². The summed E-state index contributed by atoms with van der Waals surface area (Å²) in [6.45, 7) is 2.08. The Morgan fingerprint density at radius 2 is 2.03 bits per heavy atom. The molecule has 2 amide bonds. The van der Waals surface area contributed by atoms with E-state index in [1.807, 2.05) is 24.3 Å². The molecule has 1 fully saturated rings.